The highest BCUT2D eigenvalue weighted by Crippen LogP contribution is 2.13. The fourth-order valence-electron chi connectivity index (χ4n) is 1.52. The summed E-state index contributed by atoms with van der Waals surface area (Å²) in [4.78, 5) is 7.69. The molecule has 0 amide bonds. The van der Waals surface area contributed by atoms with Crippen LogP contribution in [0.4, 0.5) is 5.95 Å². The summed E-state index contributed by atoms with van der Waals surface area (Å²) in [5.41, 5.74) is 2.11. The van der Waals surface area contributed by atoms with Gasteiger partial charge in [-0.3, -0.25) is 0 Å². The predicted molar refractivity (Wildman–Crippen MR) is 64.0 cm³/mol. The Balaban J connectivity index is 2.03. The number of aromatic nitrogens is 2. The maximum atomic E-state index is 4.44. The summed E-state index contributed by atoms with van der Waals surface area (Å²) in [7, 11) is 0. The molecule has 0 atom stereocenters. The number of hydrogen-bond acceptors (Lipinski definition) is 2. The third-order valence-corrected chi connectivity index (χ3v) is 2.40. The average Bonchev–Trinajstić information content (AvgIpc) is 2.59. The first kappa shape index (κ1) is 10.0. The van der Waals surface area contributed by atoms with Gasteiger partial charge in [0.25, 0.3) is 0 Å². The normalized spacial score (nSPS) is 11.1. The summed E-state index contributed by atoms with van der Waals surface area (Å²) in [6.45, 7) is 5.41. The number of hydrogen-bond donors (Lipinski definition) is 2. The molecule has 0 bridgehead atoms. The molecule has 3 nitrogen and oxygen atoms in total. The molecule has 1 heterocycles. The van der Waals surface area contributed by atoms with Crippen molar-refractivity contribution in [3.8, 4) is 0 Å². The quantitative estimate of drug-likeness (QED) is 0.802. The van der Waals surface area contributed by atoms with Gasteiger partial charge >= 0.3 is 0 Å². The SMILES string of the molecule is CC(C)CCNc1nc2ccccc2[nH]1. The molecule has 15 heavy (non-hydrogen) atoms. The molecular formula is C12H17N3. The number of rotatable bonds is 4. The number of benzene rings is 1. The monoisotopic (exact) mass is 203 g/mol. The Kier molecular flexibility index (Phi) is 2.90. The number of anilines is 1. The summed E-state index contributed by atoms with van der Waals surface area (Å²) < 4.78 is 0. The van der Waals surface area contributed by atoms with Gasteiger partial charge in [0.1, 0.15) is 0 Å². The molecular weight excluding hydrogens is 186 g/mol. The van der Waals surface area contributed by atoms with Crippen molar-refractivity contribution in [3.05, 3.63) is 24.3 Å². The van der Waals surface area contributed by atoms with Crippen molar-refractivity contribution >= 4 is 17.0 Å². The van der Waals surface area contributed by atoms with Crippen LogP contribution in [0, 0.1) is 5.92 Å². The molecule has 2 aromatic rings. The minimum absolute atomic E-state index is 0.724. The van der Waals surface area contributed by atoms with Gasteiger partial charge in [-0.15, -0.1) is 0 Å². The minimum atomic E-state index is 0.724. The van der Waals surface area contributed by atoms with Crippen molar-refractivity contribution in [1.82, 2.24) is 9.97 Å². The lowest BCUT2D eigenvalue weighted by Crippen LogP contribution is -2.05. The Morgan fingerprint density at radius 1 is 1.33 bits per heavy atom. The van der Waals surface area contributed by atoms with E-state index in [4.69, 9.17) is 0 Å². The molecule has 0 radical (unpaired) electrons. The van der Waals surface area contributed by atoms with Crippen LogP contribution in [0.15, 0.2) is 24.3 Å². The summed E-state index contributed by atoms with van der Waals surface area (Å²) in [6.07, 6.45) is 1.16. The molecule has 80 valence electrons. The average molecular weight is 203 g/mol. The maximum absolute atomic E-state index is 4.44. The van der Waals surface area contributed by atoms with Gasteiger partial charge in [0.2, 0.25) is 5.95 Å². The maximum Gasteiger partial charge on any atom is 0.201 e. The van der Waals surface area contributed by atoms with E-state index in [1.165, 1.54) is 0 Å². The fraction of sp³-hybridized carbons (Fsp3) is 0.417. The lowest BCUT2D eigenvalue weighted by molar-refractivity contribution is 0.606. The van der Waals surface area contributed by atoms with Gasteiger partial charge in [-0.05, 0) is 24.5 Å². The number of aromatic amines is 1. The highest BCUT2D eigenvalue weighted by atomic mass is 15.1. The second kappa shape index (κ2) is 4.34. The van der Waals surface area contributed by atoms with Crippen molar-refractivity contribution in [2.75, 3.05) is 11.9 Å². The highest BCUT2D eigenvalue weighted by Gasteiger charge is 2.00. The smallest absolute Gasteiger partial charge is 0.201 e. The first-order valence-corrected chi connectivity index (χ1v) is 5.44. The van der Waals surface area contributed by atoms with Gasteiger partial charge in [0, 0.05) is 6.54 Å². The Morgan fingerprint density at radius 2 is 2.13 bits per heavy atom. The molecule has 0 spiro atoms. The van der Waals surface area contributed by atoms with Gasteiger partial charge < -0.3 is 10.3 Å². The summed E-state index contributed by atoms with van der Waals surface area (Å²) >= 11 is 0. The van der Waals surface area contributed by atoms with E-state index in [-0.39, 0.29) is 0 Å². The van der Waals surface area contributed by atoms with E-state index in [0.717, 1.165) is 35.9 Å². The third kappa shape index (κ3) is 2.49. The second-order valence-corrected chi connectivity index (χ2v) is 4.21. The molecule has 0 aliphatic heterocycles. The number of H-pyrrole nitrogens is 1. The first-order valence-electron chi connectivity index (χ1n) is 5.44. The van der Waals surface area contributed by atoms with Crippen molar-refractivity contribution < 1.29 is 0 Å². The zero-order chi connectivity index (χ0) is 10.7. The van der Waals surface area contributed by atoms with Crippen LogP contribution in [0.5, 0.6) is 0 Å². The zero-order valence-electron chi connectivity index (χ0n) is 9.25. The fourth-order valence-corrected chi connectivity index (χ4v) is 1.52. The summed E-state index contributed by atoms with van der Waals surface area (Å²) in [5, 5.41) is 3.30. The van der Waals surface area contributed by atoms with E-state index in [1.807, 2.05) is 24.3 Å². The molecule has 0 saturated carbocycles. The van der Waals surface area contributed by atoms with E-state index in [9.17, 15) is 0 Å². The highest BCUT2D eigenvalue weighted by molar-refractivity contribution is 5.77. The number of fused-ring (bicyclic) bond motifs is 1. The molecule has 2 rings (SSSR count). The van der Waals surface area contributed by atoms with E-state index in [0.29, 0.717) is 0 Å². The van der Waals surface area contributed by atoms with Crippen molar-refractivity contribution in [2.45, 2.75) is 20.3 Å². The molecule has 1 aromatic carbocycles. The number of imidazole rings is 1. The van der Waals surface area contributed by atoms with Crippen LogP contribution >= 0.6 is 0 Å². The first-order chi connectivity index (χ1) is 7.25. The van der Waals surface area contributed by atoms with Crippen LogP contribution in [0.25, 0.3) is 11.0 Å². The number of nitrogens with one attached hydrogen (secondary N) is 2. The van der Waals surface area contributed by atoms with Gasteiger partial charge in [-0.25, -0.2) is 4.98 Å². The van der Waals surface area contributed by atoms with Crippen LogP contribution in [-0.2, 0) is 0 Å². The molecule has 3 heteroatoms. The van der Waals surface area contributed by atoms with E-state index in [2.05, 4.69) is 29.1 Å². The van der Waals surface area contributed by atoms with Crippen LogP contribution in [0.1, 0.15) is 20.3 Å². The second-order valence-electron chi connectivity index (χ2n) is 4.21. The van der Waals surface area contributed by atoms with Gasteiger partial charge in [0.05, 0.1) is 11.0 Å². The zero-order valence-corrected chi connectivity index (χ0v) is 9.25. The van der Waals surface area contributed by atoms with Crippen molar-refractivity contribution in [3.63, 3.8) is 0 Å². The van der Waals surface area contributed by atoms with Crippen molar-refractivity contribution in [1.29, 1.82) is 0 Å². The lowest BCUT2D eigenvalue weighted by Gasteiger charge is -2.04. The molecule has 0 fully saturated rings. The third-order valence-electron chi connectivity index (χ3n) is 2.40. The Morgan fingerprint density at radius 3 is 2.87 bits per heavy atom. The van der Waals surface area contributed by atoms with E-state index in [1.54, 1.807) is 0 Å². The van der Waals surface area contributed by atoms with Crippen LogP contribution < -0.4 is 5.32 Å². The summed E-state index contributed by atoms with van der Waals surface area (Å²) in [5.74, 6) is 1.60. The molecule has 0 aliphatic carbocycles. The molecule has 0 unspecified atom stereocenters. The topological polar surface area (TPSA) is 40.7 Å². The van der Waals surface area contributed by atoms with Crippen LogP contribution in [0.2, 0.25) is 0 Å². The minimum Gasteiger partial charge on any atom is -0.356 e. The standard InChI is InChI=1S/C12H17N3/c1-9(2)7-8-13-12-14-10-5-3-4-6-11(10)15-12/h3-6,9H,7-8H2,1-2H3,(H2,13,14,15). The van der Waals surface area contributed by atoms with Gasteiger partial charge in [-0.2, -0.15) is 0 Å². The van der Waals surface area contributed by atoms with Gasteiger partial charge in [-0.1, -0.05) is 26.0 Å². The lowest BCUT2D eigenvalue weighted by atomic mass is 10.1. The molecule has 1 aromatic heterocycles. The van der Waals surface area contributed by atoms with Crippen LogP contribution in [0.3, 0.4) is 0 Å². The largest absolute Gasteiger partial charge is 0.356 e. The van der Waals surface area contributed by atoms with Gasteiger partial charge in [0.15, 0.2) is 0 Å². The Bertz CT molecular complexity index is 398. The Labute approximate surface area is 89.9 Å². The summed E-state index contributed by atoms with van der Waals surface area (Å²) in [6, 6.07) is 8.06. The van der Waals surface area contributed by atoms with E-state index < -0.39 is 0 Å². The number of nitrogens with zero attached hydrogens (tertiary/aromatic N) is 1. The van der Waals surface area contributed by atoms with E-state index >= 15 is 0 Å². The van der Waals surface area contributed by atoms with Crippen LogP contribution in [-0.4, -0.2) is 16.5 Å². The molecule has 0 aliphatic rings. The predicted octanol–water partition coefficient (Wildman–Crippen LogP) is 3.02. The Hall–Kier alpha value is -1.51. The molecule has 2 N–H and O–H groups in total. The number of para-hydroxylation sites is 2. The van der Waals surface area contributed by atoms with Crippen molar-refractivity contribution in [2.24, 2.45) is 5.92 Å². The molecule has 0 saturated heterocycles.